The average molecular weight is 468 g/mol. The molecule has 4 rings (SSSR count). The summed E-state index contributed by atoms with van der Waals surface area (Å²) in [6, 6.07) is 30.2. The molecule has 0 aliphatic heterocycles. The molecule has 1 heterocycles. The van der Waals surface area contributed by atoms with Gasteiger partial charge in [-0.1, -0.05) is 80.6 Å². The van der Waals surface area contributed by atoms with Gasteiger partial charge >= 0.3 is 6.03 Å². The number of carbonyl (C=O) groups is 2. The number of carbonyl (C=O) groups excluding carboxylic acids is 2. The first-order valence-corrected chi connectivity index (χ1v) is 11.6. The van der Waals surface area contributed by atoms with Crippen molar-refractivity contribution >= 4 is 23.4 Å². The molecule has 2 N–H and O–H groups in total. The maximum absolute atomic E-state index is 13.1. The first-order chi connectivity index (χ1) is 17.0. The molecule has 0 atom stereocenters. The molecule has 0 spiro atoms. The molecular weight excluding hydrogens is 438 g/mol. The number of anilines is 2. The molecule has 0 radical (unpaired) electrons. The minimum Gasteiger partial charge on any atom is -0.315 e. The fraction of sp³-hybridized carbons (Fsp3) is 0.179. The van der Waals surface area contributed by atoms with Gasteiger partial charge in [-0.15, -0.1) is 0 Å². The van der Waals surface area contributed by atoms with Crippen molar-refractivity contribution in [2.75, 3.05) is 23.7 Å². The second-order valence-electron chi connectivity index (χ2n) is 8.65. The molecule has 3 aromatic carbocycles. The maximum Gasteiger partial charge on any atom is 0.322 e. The van der Waals surface area contributed by atoms with Crippen LogP contribution in [0.25, 0.3) is 16.9 Å². The molecule has 0 saturated heterocycles. The lowest BCUT2D eigenvalue weighted by Crippen LogP contribution is -2.42. The van der Waals surface area contributed by atoms with Crippen LogP contribution in [0.5, 0.6) is 0 Å². The zero-order chi connectivity index (χ0) is 24.6. The lowest BCUT2D eigenvalue weighted by Gasteiger charge is -2.24. The van der Waals surface area contributed by atoms with E-state index in [2.05, 4.69) is 10.6 Å². The summed E-state index contributed by atoms with van der Waals surface area (Å²) in [6.45, 7) is 4.38. The SMILES string of the molecule is CC(C)CN(CC(=O)Nc1cc(-c2ccccc2)nn1-c1ccccc1)C(=O)Nc1ccccc1. The predicted octanol–water partition coefficient (Wildman–Crippen LogP) is 5.67. The first kappa shape index (κ1) is 23.8. The van der Waals surface area contributed by atoms with Crippen LogP contribution in [-0.2, 0) is 4.79 Å². The molecule has 35 heavy (non-hydrogen) atoms. The van der Waals surface area contributed by atoms with E-state index in [9.17, 15) is 9.59 Å². The van der Waals surface area contributed by atoms with Crippen LogP contribution >= 0.6 is 0 Å². The summed E-state index contributed by atoms with van der Waals surface area (Å²) in [7, 11) is 0. The van der Waals surface area contributed by atoms with Crippen LogP contribution in [0.15, 0.2) is 97.1 Å². The normalized spacial score (nSPS) is 10.7. The van der Waals surface area contributed by atoms with E-state index in [1.54, 1.807) is 4.68 Å². The Morgan fingerprint density at radius 3 is 2.09 bits per heavy atom. The molecule has 4 aromatic rings. The van der Waals surface area contributed by atoms with Crippen molar-refractivity contribution in [2.24, 2.45) is 5.92 Å². The van der Waals surface area contributed by atoms with Crippen molar-refractivity contribution in [1.82, 2.24) is 14.7 Å². The van der Waals surface area contributed by atoms with Gasteiger partial charge in [0.25, 0.3) is 0 Å². The number of amides is 3. The van der Waals surface area contributed by atoms with Crippen LogP contribution in [0.3, 0.4) is 0 Å². The summed E-state index contributed by atoms with van der Waals surface area (Å²) >= 11 is 0. The van der Waals surface area contributed by atoms with E-state index in [-0.39, 0.29) is 24.4 Å². The minimum atomic E-state index is -0.318. The highest BCUT2D eigenvalue weighted by atomic mass is 16.2. The topological polar surface area (TPSA) is 79.3 Å². The van der Waals surface area contributed by atoms with Crippen molar-refractivity contribution in [1.29, 1.82) is 0 Å². The first-order valence-electron chi connectivity index (χ1n) is 11.6. The minimum absolute atomic E-state index is 0.0858. The van der Waals surface area contributed by atoms with Crippen LogP contribution in [0.4, 0.5) is 16.3 Å². The van der Waals surface area contributed by atoms with E-state index in [0.29, 0.717) is 18.1 Å². The number of aromatic nitrogens is 2. The summed E-state index contributed by atoms with van der Waals surface area (Å²) in [5.41, 5.74) is 3.19. The Bertz CT molecular complexity index is 1250. The van der Waals surface area contributed by atoms with Gasteiger partial charge in [0.05, 0.1) is 11.4 Å². The fourth-order valence-corrected chi connectivity index (χ4v) is 3.73. The Morgan fingerprint density at radius 2 is 1.46 bits per heavy atom. The van der Waals surface area contributed by atoms with Crippen molar-refractivity contribution in [3.63, 3.8) is 0 Å². The summed E-state index contributed by atoms with van der Waals surface area (Å²) in [5.74, 6) is 0.433. The number of rotatable bonds is 8. The Labute approximate surface area is 205 Å². The van der Waals surface area contributed by atoms with E-state index in [0.717, 1.165) is 16.9 Å². The molecule has 0 aliphatic rings. The zero-order valence-corrected chi connectivity index (χ0v) is 19.9. The molecule has 0 saturated carbocycles. The number of urea groups is 1. The van der Waals surface area contributed by atoms with Crippen molar-refractivity contribution < 1.29 is 9.59 Å². The molecule has 0 bridgehead atoms. The Morgan fingerprint density at radius 1 is 0.857 bits per heavy atom. The molecule has 0 fully saturated rings. The number of nitrogens with one attached hydrogen (secondary N) is 2. The molecule has 7 nitrogen and oxygen atoms in total. The van der Waals surface area contributed by atoms with Gasteiger partial charge in [-0.3, -0.25) is 4.79 Å². The second-order valence-corrected chi connectivity index (χ2v) is 8.65. The Kier molecular flexibility index (Phi) is 7.57. The number of para-hydroxylation sites is 2. The summed E-state index contributed by atoms with van der Waals surface area (Å²) < 4.78 is 1.71. The van der Waals surface area contributed by atoms with Crippen molar-refractivity contribution in [3.05, 3.63) is 97.1 Å². The largest absolute Gasteiger partial charge is 0.322 e. The van der Waals surface area contributed by atoms with Gasteiger partial charge in [0, 0.05) is 23.9 Å². The highest BCUT2D eigenvalue weighted by Gasteiger charge is 2.20. The highest BCUT2D eigenvalue weighted by Crippen LogP contribution is 2.24. The van der Waals surface area contributed by atoms with E-state index < -0.39 is 0 Å². The summed E-state index contributed by atoms with van der Waals surface area (Å²) in [4.78, 5) is 27.6. The van der Waals surface area contributed by atoms with Gasteiger partial charge in [0.2, 0.25) is 5.91 Å². The Hall–Kier alpha value is -4.39. The van der Waals surface area contributed by atoms with Crippen LogP contribution in [0.2, 0.25) is 0 Å². The van der Waals surface area contributed by atoms with E-state index >= 15 is 0 Å². The lowest BCUT2D eigenvalue weighted by atomic mass is 10.1. The maximum atomic E-state index is 13.1. The van der Waals surface area contributed by atoms with Gasteiger partial charge < -0.3 is 15.5 Å². The molecule has 1 aromatic heterocycles. The van der Waals surface area contributed by atoms with Gasteiger partial charge in [0.15, 0.2) is 0 Å². The molecular formula is C28H29N5O2. The molecule has 178 valence electrons. The van der Waals surface area contributed by atoms with E-state index in [1.165, 1.54) is 4.90 Å². The van der Waals surface area contributed by atoms with Crippen molar-refractivity contribution in [2.45, 2.75) is 13.8 Å². The van der Waals surface area contributed by atoms with Gasteiger partial charge in [-0.2, -0.15) is 5.10 Å². The second kappa shape index (κ2) is 11.2. The quantitative estimate of drug-likeness (QED) is 0.351. The predicted molar refractivity (Wildman–Crippen MR) is 140 cm³/mol. The summed E-state index contributed by atoms with van der Waals surface area (Å²) in [6.07, 6.45) is 0. The molecule has 0 unspecified atom stereocenters. The Balaban J connectivity index is 1.55. The summed E-state index contributed by atoms with van der Waals surface area (Å²) in [5, 5.41) is 10.6. The van der Waals surface area contributed by atoms with Crippen molar-refractivity contribution in [3.8, 4) is 16.9 Å². The monoisotopic (exact) mass is 467 g/mol. The molecule has 7 heteroatoms. The zero-order valence-electron chi connectivity index (χ0n) is 19.9. The smallest absolute Gasteiger partial charge is 0.315 e. The number of benzene rings is 3. The third kappa shape index (κ3) is 6.35. The van der Waals surface area contributed by atoms with Gasteiger partial charge in [-0.25, -0.2) is 9.48 Å². The number of hydrogen-bond acceptors (Lipinski definition) is 3. The van der Waals surface area contributed by atoms with Gasteiger partial charge in [-0.05, 0) is 30.2 Å². The third-order valence-electron chi connectivity index (χ3n) is 5.28. The number of hydrogen-bond donors (Lipinski definition) is 2. The molecule has 0 aliphatic carbocycles. The van der Waals surface area contributed by atoms with E-state index in [1.807, 2.05) is 111 Å². The van der Waals surface area contributed by atoms with Crippen LogP contribution in [-0.4, -0.2) is 39.7 Å². The number of nitrogens with zero attached hydrogens (tertiary/aromatic N) is 3. The van der Waals surface area contributed by atoms with Crippen LogP contribution in [0.1, 0.15) is 13.8 Å². The standard InChI is InChI=1S/C28H29N5O2/c1-21(2)19-32(28(35)29-23-14-8-4-9-15-23)20-27(34)30-26-18-25(22-12-6-3-7-13-22)31-33(26)24-16-10-5-11-17-24/h3-18,21H,19-20H2,1-2H3,(H,29,35)(H,30,34). The van der Waals surface area contributed by atoms with Crippen LogP contribution in [0, 0.1) is 5.92 Å². The van der Waals surface area contributed by atoms with Crippen LogP contribution < -0.4 is 10.6 Å². The van der Waals surface area contributed by atoms with Gasteiger partial charge in [0.1, 0.15) is 12.4 Å². The lowest BCUT2D eigenvalue weighted by molar-refractivity contribution is -0.116. The highest BCUT2D eigenvalue weighted by molar-refractivity contribution is 5.97. The third-order valence-corrected chi connectivity index (χ3v) is 5.28. The van der Waals surface area contributed by atoms with E-state index in [4.69, 9.17) is 5.10 Å². The fourth-order valence-electron chi connectivity index (χ4n) is 3.73. The molecule has 3 amide bonds. The average Bonchev–Trinajstić information content (AvgIpc) is 3.28.